The molecule has 2 amide bonds. The van der Waals surface area contributed by atoms with E-state index in [9.17, 15) is 9.59 Å². The molecule has 1 N–H and O–H groups in total. The van der Waals surface area contributed by atoms with Crippen LogP contribution in [0.5, 0.6) is 0 Å². The second-order valence-electron chi connectivity index (χ2n) is 8.32. The summed E-state index contributed by atoms with van der Waals surface area (Å²) >= 11 is 0. The van der Waals surface area contributed by atoms with Crippen molar-refractivity contribution in [3.8, 4) is 11.3 Å². The molecule has 162 valence electrons. The summed E-state index contributed by atoms with van der Waals surface area (Å²) in [5.74, 6) is 0.132. The van der Waals surface area contributed by atoms with Crippen LogP contribution in [-0.2, 0) is 11.3 Å². The van der Waals surface area contributed by atoms with Gasteiger partial charge in [-0.2, -0.15) is 0 Å². The first kappa shape index (κ1) is 22.1. The molecular weight excluding hydrogens is 394 g/mol. The van der Waals surface area contributed by atoms with Crippen LogP contribution in [0.4, 0.5) is 10.5 Å². The molecule has 31 heavy (non-hydrogen) atoms. The van der Waals surface area contributed by atoms with E-state index in [1.807, 2.05) is 69.3 Å². The van der Waals surface area contributed by atoms with Gasteiger partial charge >= 0.3 is 6.09 Å². The van der Waals surface area contributed by atoms with E-state index in [2.05, 4.69) is 10.5 Å². The second kappa shape index (κ2) is 9.04. The minimum atomic E-state index is -0.561. The van der Waals surface area contributed by atoms with E-state index in [0.717, 1.165) is 11.1 Å². The first-order valence-electron chi connectivity index (χ1n) is 10.00. The molecule has 3 aromatic rings. The van der Waals surface area contributed by atoms with Crippen molar-refractivity contribution in [2.45, 2.75) is 39.8 Å². The molecule has 0 saturated heterocycles. The van der Waals surface area contributed by atoms with Gasteiger partial charge in [-0.25, -0.2) is 4.79 Å². The molecule has 3 rings (SSSR count). The number of hydrogen-bond donors (Lipinski definition) is 1. The maximum Gasteiger partial charge on any atom is 0.410 e. The minimum absolute atomic E-state index is 0.310. The van der Waals surface area contributed by atoms with Crippen molar-refractivity contribution >= 4 is 17.7 Å². The summed E-state index contributed by atoms with van der Waals surface area (Å²) in [5.41, 5.74) is 2.60. The third-order valence-electron chi connectivity index (χ3n) is 4.45. The van der Waals surface area contributed by atoms with Gasteiger partial charge in [0.25, 0.3) is 5.91 Å². The molecule has 7 nitrogen and oxygen atoms in total. The van der Waals surface area contributed by atoms with Crippen LogP contribution < -0.4 is 5.32 Å². The summed E-state index contributed by atoms with van der Waals surface area (Å²) in [6.07, 6.45) is -0.408. The monoisotopic (exact) mass is 421 g/mol. The highest BCUT2D eigenvalue weighted by Gasteiger charge is 2.22. The first-order valence-corrected chi connectivity index (χ1v) is 10.00. The predicted molar refractivity (Wildman–Crippen MR) is 119 cm³/mol. The summed E-state index contributed by atoms with van der Waals surface area (Å²) in [4.78, 5) is 26.7. The van der Waals surface area contributed by atoms with Crippen molar-refractivity contribution in [2.75, 3.05) is 12.4 Å². The zero-order chi connectivity index (χ0) is 22.6. The smallest absolute Gasteiger partial charge is 0.410 e. The molecule has 2 aromatic carbocycles. The lowest BCUT2D eigenvalue weighted by molar-refractivity contribution is 0.0285. The Hall–Kier alpha value is -3.61. The lowest BCUT2D eigenvalue weighted by Gasteiger charge is -2.24. The molecular formula is C24H27N3O4. The van der Waals surface area contributed by atoms with Crippen molar-refractivity contribution in [2.24, 2.45) is 0 Å². The highest BCUT2D eigenvalue weighted by atomic mass is 16.6. The fraction of sp³-hybridized carbons (Fsp3) is 0.292. The molecule has 0 aliphatic carbocycles. The lowest BCUT2D eigenvalue weighted by atomic mass is 10.1. The van der Waals surface area contributed by atoms with Gasteiger partial charge in [0, 0.05) is 24.8 Å². The number of aryl methyl sites for hydroxylation is 1. The average Bonchev–Trinajstić information content (AvgIpc) is 3.09. The Kier molecular flexibility index (Phi) is 6.44. The topological polar surface area (TPSA) is 84.7 Å². The van der Waals surface area contributed by atoms with E-state index in [4.69, 9.17) is 9.26 Å². The summed E-state index contributed by atoms with van der Waals surface area (Å²) in [7, 11) is 1.67. The zero-order valence-electron chi connectivity index (χ0n) is 18.4. The number of nitrogens with one attached hydrogen (secondary N) is 1. The number of amides is 2. The van der Waals surface area contributed by atoms with Crippen LogP contribution in [0, 0.1) is 6.92 Å². The number of carbonyl (C=O) groups is 2. The quantitative estimate of drug-likeness (QED) is 0.607. The van der Waals surface area contributed by atoms with Crippen molar-refractivity contribution in [3.05, 3.63) is 71.5 Å². The maximum atomic E-state index is 13.0. The van der Waals surface area contributed by atoms with Gasteiger partial charge in [-0.15, -0.1) is 0 Å². The highest BCUT2D eigenvalue weighted by Crippen LogP contribution is 2.26. The summed E-state index contributed by atoms with van der Waals surface area (Å²) in [6, 6.07) is 16.7. The highest BCUT2D eigenvalue weighted by molar-refractivity contribution is 6.08. The van der Waals surface area contributed by atoms with Crippen molar-refractivity contribution < 1.29 is 18.8 Å². The van der Waals surface area contributed by atoms with Gasteiger partial charge in [0.15, 0.2) is 0 Å². The van der Waals surface area contributed by atoms with Crippen molar-refractivity contribution in [1.29, 1.82) is 0 Å². The standard InChI is InChI=1S/C24H27N3O4/c1-16-20(21(26-31-16)18-11-7-6-8-12-18)22(28)25-19-13-9-10-17(14-19)15-27(5)23(29)30-24(2,3)4/h6-14H,15H2,1-5H3,(H,25,28). The Balaban J connectivity index is 1.74. The molecule has 0 radical (unpaired) electrons. The molecule has 7 heteroatoms. The Morgan fingerprint density at radius 2 is 1.81 bits per heavy atom. The van der Waals surface area contributed by atoms with E-state index in [1.165, 1.54) is 4.90 Å². The molecule has 0 aliphatic rings. The summed E-state index contributed by atoms with van der Waals surface area (Å²) in [5, 5.41) is 6.96. The van der Waals surface area contributed by atoms with E-state index < -0.39 is 11.7 Å². The fourth-order valence-electron chi connectivity index (χ4n) is 3.05. The van der Waals surface area contributed by atoms with Crippen LogP contribution >= 0.6 is 0 Å². The second-order valence-corrected chi connectivity index (χ2v) is 8.32. The van der Waals surface area contributed by atoms with Crippen LogP contribution in [0.2, 0.25) is 0 Å². The minimum Gasteiger partial charge on any atom is -0.444 e. The van der Waals surface area contributed by atoms with Crippen molar-refractivity contribution in [1.82, 2.24) is 10.1 Å². The Morgan fingerprint density at radius 1 is 1.10 bits per heavy atom. The number of ether oxygens (including phenoxy) is 1. The van der Waals surface area contributed by atoms with Crippen LogP contribution in [-0.4, -0.2) is 34.7 Å². The van der Waals surface area contributed by atoms with Gasteiger partial charge < -0.3 is 19.5 Å². The molecule has 0 spiro atoms. The first-order chi connectivity index (χ1) is 14.6. The van der Waals surface area contributed by atoms with Gasteiger partial charge in [-0.1, -0.05) is 47.6 Å². The maximum absolute atomic E-state index is 13.0. The number of hydrogen-bond acceptors (Lipinski definition) is 5. The largest absolute Gasteiger partial charge is 0.444 e. The number of benzene rings is 2. The predicted octanol–water partition coefficient (Wildman–Crippen LogP) is 5.27. The Bertz CT molecular complexity index is 1070. The van der Waals surface area contributed by atoms with E-state index in [1.54, 1.807) is 20.0 Å². The van der Waals surface area contributed by atoms with Crippen LogP contribution in [0.15, 0.2) is 59.1 Å². The lowest BCUT2D eigenvalue weighted by Crippen LogP contribution is -2.33. The van der Waals surface area contributed by atoms with E-state index in [-0.39, 0.29) is 5.91 Å². The van der Waals surface area contributed by atoms with Crippen LogP contribution in [0.3, 0.4) is 0 Å². The molecule has 0 unspecified atom stereocenters. The molecule has 1 aromatic heterocycles. The molecule has 0 atom stereocenters. The number of rotatable bonds is 5. The third kappa shape index (κ3) is 5.72. The number of aromatic nitrogens is 1. The summed E-state index contributed by atoms with van der Waals surface area (Å²) in [6.45, 7) is 7.53. The van der Waals surface area contributed by atoms with Crippen molar-refractivity contribution in [3.63, 3.8) is 0 Å². The average molecular weight is 421 g/mol. The Labute approximate surface area is 182 Å². The Morgan fingerprint density at radius 3 is 2.48 bits per heavy atom. The van der Waals surface area contributed by atoms with Gasteiger partial charge in [0.05, 0.1) is 0 Å². The molecule has 0 aliphatic heterocycles. The van der Waals surface area contributed by atoms with Gasteiger partial charge in [0.1, 0.15) is 22.6 Å². The van der Waals surface area contributed by atoms with E-state index >= 15 is 0 Å². The molecule has 0 saturated carbocycles. The SMILES string of the molecule is Cc1onc(-c2ccccc2)c1C(=O)Nc1cccc(CN(C)C(=O)OC(C)(C)C)c1. The van der Waals surface area contributed by atoms with Crippen LogP contribution in [0.25, 0.3) is 11.3 Å². The third-order valence-corrected chi connectivity index (χ3v) is 4.45. The van der Waals surface area contributed by atoms with Crippen LogP contribution in [0.1, 0.15) is 42.5 Å². The molecule has 0 fully saturated rings. The summed E-state index contributed by atoms with van der Waals surface area (Å²) < 4.78 is 10.7. The molecule has 0 bridgehead atoms. The normalized spacial score (nSPS) is 11.1. The van der Waals surface area contributed by atoms with E-state index in [0.29, 0.717) is 29.2 Å². The molecule has 1 heterocycles. The number of nitrogens with zero attached hydrogens (tertiary/aromatic N) is 2. The number of carbonyl (C=O) groups excluding carboxylic acids is 2. The van der Waals surface area contributed by atoms with Gasteiger partial charge in [-0.3, -0.25) is 4.79 Å². The zero-order valence-corrected chi connectivity index (χ0v) is 18.4. The fourth-order valence-corrected chi connectivity index (χ4v) is 3.05. The van der Waals surface area contributed by atoms with Gasteiger partial charge in [-0.05, 0) is 45.4 Å². The number of anilines is 1. The van der Waals surface area contributed by atoms with Gasteiger partial charge in [0.2, 0.25) is 0 Å².